The van der Waals surface area contributed by atoms with Crippen LogP contribution < -0.4 is 15.0 Å². The Morgan fingerprint density at radius 1 is 1.36 bits per heavy atom. The lowest BCUT2D eigenvalue weighted by atomic mass is 10.0. The highest BCUT2D eigenvalue weighted by molar-refractivity contribution is 6.32. The second-order valence-corrected chi connectivity index (χ2v) is 7.20. The van der Waals surface area contributed by atoms with Crippen molar-refractivity contribution in [2.24, 2.45) is 0 Å². The molecule has 9 heteroatoms. The van der Waals surface area contributed by atoms with Crippen molar-refractivity contribution in [2.45, 2.75) is 32.7 Å². The molecular formula is C19H21ClN6O2. The molecule has 3 heterocycles. The van der Waals surface area contributed by atoms with Gasteiger partial charge in [-0.25, -0.2) is 15.0 Å². The van der Waals surface area contributed by atoms with Crippen molar-refractivity contribution < 1.29 is 9.53 Å². The monoisotopic (exact) mass is 400 g/mol. The number of benzene rings is 1. The normalized spacial score (nSPS) is 15.3. The molecule has 1 unspecified atom stereocenters. The van der Waals surface area contributed by atoms with E-state index in [1.165, 1.54) is 6.33 Å². The molecule has 2 aromatic heterocycles. The van der Waals surface area contributed by atoms with E-state index in [0.717, 1.165) is 23.2 Å². The molecule has 0 radical (unpaired) electrons. The van der Waals surface area contributed by atoms with E-state index in [4.69, 9.17) is 16.3 Å². The summed E-state index contributed by atoms with van der Waals surface area (Å²) < 4.78 is 5.76. The van der Waals surface area contributed by atoms with E-state index in [0.29, 0.717) is 40.7 Å². The average molecular weight is 401 g/mol. The third-order valence-electron chi connectivity index (χ3n) is 5.06. The van der Waals surface area contributed by atoms with Gasteiger partial charge < -0.3 is 19.9 Å². The summed E-state index contributed by atoms with van der Waals surface area (Å²) in [5.41, 5.74) is 3.73. The van der Waals surface area contributed by atoms with Crippen LogP contribution in [0.4, 0.5) is 11.5 Å². The number of hydrogen-bond donors (Lipinski definition) is 2. The molecule has 1 aliphatic rings. The number of aromatic nitrogens is 4. The van der Waals surface area contributed by atoms with Crippen LogP contribution in [-0.2, 0) is 4.79 Å². The maximum atomic E-state index is 12.4. The molecule has 1 atom stereocenters. The number of fused-ring (bicyclic) bond motifs is 1. The minimum Gasteiger partial charge on any atom is -0.494 e. The van der Waals surface area contributed by atoms with E-state index < -0.39 is 0 Å². The molecule has 0 spiro atoms. The zero-order valence-corrected chi connectivity index (χ0v) is 16.7. The fourth-order valence-electron chi connectivity index (χ4n) is 3.63. The number of nitrogens with one attached hydrogen (secondary N) is 2. The Balaban J connectivity index is 1.77. The molecule has 8 nitrogen and oxygen atoms in total. The Labute approximate surface area is 167 Å². The van der Waals surface area contributed by atoms with Gasteiger partial charge in [0.2, 0.25) is 5.91 Å². The molecule has 0 saturated carbocycles. The summed E-state index contributed by atoms with van der Waals surface area (Å²) in [6, 6.07) is 1.68. The van der Waals surface area contributed by atoms with E-state index in [1.54, 1.807) is 18.3 Å². The van der Waals surface area contributed by atoms with Gasteiger partial charge in [0.25, 0.3) is 0 Å². The van der Waals surface area contributed by atoms with Crippen LogP contribution >= 0.6 is 11.6 Å². The van der Waals surface area contributed by atoms with Crippen molar-refractivity contribution in [1.82, 2.24) is 19.9 Å². The zero-order chi connectivity index (χ0) is 19.8. The molecular weight excluding hydrogens is 380 g/mol. The molecule has 1 aliphatic heterocycles. The largest absolute Gasteiger partial charge is 0.494 e. The topological polar surface area (TPSA) is 96.0 Å². The summed E-state index contributed by atoms with van der Waals surface area (Å²) in [4.78, 5) is 29.9. The number of amides is 1. The van der Waals surface area contributed by atoms with E-state index in [9.17, 15) is 4.79 Å². The number of rotatable bonds is 5. The number of aromatic amines is 1. The van der Waals surface area contributed by atoms with Crippen LogP contribution in [0, 0.1) is 6.92 Å². The Kier molecular flexibility index (Phi) is 4.80. The van der Waals surface area contributed by atoms with Gasteiger partial charge in [0.15, 0.2) is 11.5 Å². The highest BCUT2D eigenvalue weighted by Crippen LogP contribution is 2.44. The Morgan fingerprint density at radius 2 is 2.18 bits per heavy atom. The molecule has 1 amide bonds. The standard InChI is InChI=1S/C19H21ClN6O2/c1-10-13(20)7-12(17(28-3)16(10)26-6-4-5-14(26)27)11(2)25-19-15-18(22-8-21-15)23-9-24-19/h7-9,11H,4-6H2,1-3H3,(H2,21,22,23,24,25). The second-order valence-electron chi connectivity index (χ2n) is 6.79. The van der Waals surface area contributed by atoms with E-state index in [-0.39, 0.29) is 11.9 Å². The number of carbonyl (C=O) groups excluding carboxylic acids is 1. The number of carbonyl (C=O) groups is 1. The zero-order valence-electron chi connectivity index (χ0n) is 15.9. The third-order valence-corrected chi connectivity index (χ3v) is 5.45. The van der Waals surface area contributed by atoms with Gasteiger partial charge in [0, 0.05) is 23.6 Å². The third kappa shape index (κ3) is 3.03. The first-order valence-corrected chi connectivity index (χ1v) is 9.47. The fraction of sp³-hybridized carbons (Fsp3) is 0.368. The number of H-pyrrole nitrogens is 1. The summed E-state index contributed by atoms with van der Waals surface area (Å²) in [5, 5.41) is 3.95. The van der Waals surface area contributed by atoms with Crippen LogP contribution in [0.3, 0.4) is 0 Å². The minimum absolute atomic E-state index is 0.0873. The van der Waals surface area contributed by atoms with Crippen LogP contribution in [0.1, 0.15) is 36.9 Å². The number of methoxy groups -OCH3 is 1. The number of ether oxygens (including phenoxy) is 1. The molecule has 3 aromatic rings. The van der Waals surface area contributed by atoms with Crippen LogP contribution in [0.2, 0.25) is 5.02 Å². The summed E-state index contributed by atoms with van der Waals surface area (Å²) in [6.07, 6.45) is 4.42. The molecule has 1 fully saturated rings. The quantitative estimate of drug-likeness (QED) is 0.679. The summed E-state index contributed by atoms with van der Waals surface area (Å²) in [5.74, 6) is 1.34. The lowest BCUT2D eigenvalue weighted by molar-refractivity contribution is -0.117. The first-order valence-electron chi connectivity index (χ1n) is 9.09. The van der Waals surface area contributed by atoms with Crippen molar-refractivity contribution in [3.63, 3.8) is 0 Å². The first kappa shape index (κ1) is 18.5. The second kappa shape index (κ2) is 7.27. The van der Waals surface area contributed by atoms with Gasteiger partial charge >= 0.3 is 0 Å². The SMILES string of the molecule is COc1c(C(C)Nc2ncnc3[nH]cnc23)cc(Cl)c(C)c1N1CCCC1=O. The first-order chi connectivity index (χ1) is 13.5. The summed E-state index contributed by atoms with van der Waals surface area (Å²) in [6.45, 7) is 4.56. The molecule has 28 heavy (non-hydrogen) atoms. The van der Waals surface area contributed by atoms with Crippen LogP contribution in [0.15, 0.2) is 18.7 Å². The predicted octanol–water partition coefficient (Wildman–Crippen LogP) is 3.62. The lowest BCUT2D eigenvalue weighted by Gasteiger charge is -2.26. The van der Waals surface area contributed by atoms with Crippen LogP contribution in [-0.4, -0.2) is 39.5 Å². The van der Waals surface area contributed by atoms with Crippen molar-refractivity contribution in [3.8, 4) is 5.75 Å². The maximum absolute atomic E-state index is 12.4. The smallest absolute Gasteiger partial charge is 0.227 e. The van der Waals surface area contributed by atoms with Crippen molar-refractivity contribution in [2.75, 3.05) is 23.9 Å². The molecule has 1 saturated heterocycles. The number of hydrogen-bond acceptors (Lipinski definition) is 6. The molecule has 146 valence electrons. The Hall–Kier alpha value is -2.87. The summed E-state index contributed by atoms with van der Waals surface area (Å²) >= 11 is 6.53. The number of imidazole rings is 1. The highest BCUT2D eigenvalue weighted by atomic mass is 35.5. The van der Waals surface area contributed by atoms with Crippen molar-refractivity contribution in [3.05, 3.63) is 34.9 Å². The Morgan fingerprint density at radius 3 is 2.89 bits per heavy atom. The van der Waals surface area contributed by atoms with Gasteiger partial charge in [-0.1, -0.05) is 11.6 Å². The van der Waals surface area contributed by atoms with Crippen molar-refractivity contribution >= 4 is 40.2 Å². The highest BCUT2D eigenvalue weighted by Gasteiger charge is 2.30. The minimum atomic E-state index is -0.195. The average Bonchev–Trinajstić information content (AvgIpc) is 3.32. The van der Waals surface area contributed by atoms with Crippen molar-refractivity contribution in [1.29, 1.82) is 0 Å². The Bertz CT molecular complexity index is 1050. The predicted molar refractivity (Wildman–Crippen MR) is 108 cm³/mol. The van der Waals surface area contributed by atoms with E-state index in [1.807, 2.05) is 19.9 Å². The van der Waals surface area contributed by atoms with Gasteiger partial charge in [-0.15, -0.1) is 0 Å². The number of halogens is 1. The summed E-state index contributed by atoms with van der Waals surface area (Å²) in [7, 11) is 1.61. The van der Waals surface area contributed by atoms with Gasteiger partial charge in [-0.3, -0.25) is 4.79 Å². The maximum Gasteiger partial charge on any atom is 0.227 e. The number of nitrogens with zero attached hydrogens (tertiary/aromatic N) is 4. The van der Waals surface area contributed by atoms with E-state index >= 15 is 0 Å². The lowest BCUT2D eigenvalue weighted by Crippen LogP contribution is -2.26. The van der Waals surface area contributed by atoms with Gasteiger partial charge in [-0.2, -0.15) is 0 Å². The molecule has 0 bridgehead atoms. The molecule has 1 aromatic carbocycles. The van der Waals surface area contributed by atoms with E-state index in [2.05, 4.69) is 25.3 Å². The van der Waals surface area contributed by atoms with Crippen LogP contribution in [0.25, 0.3) is 11.2 Å². The molecule has 0 aliphatic carbocycles. The van der Waals surface area contributed by atoms with Crippen LogP contribution in [0.5, 0.6) is 5.75 Å². The fourth-order valence-corrected chi connectivity index (χ4v) is 3.84. The van der Waals surface area contributed by atoms with Gasteiger partial charge in [0.05, 0.1) is 25.2 Å². The number of anilines is 2. The van der Waals surface area contributed by atoms with Gasteiger partial charge in [0.1, 0.15) is 17.6 Å². The van der Waals surface area contributed by atoms with Gasteiger partial charge in [-0.05, 0) is 31.9 Å². The molecule has 4 rings (SSSR count). The molecule has 2 N–H and O–H groups in total.